The van der Waals surface area contributed by atoms with Crippen molar-refractivity contribution in [3.05, 3.63) is 58.6 Å². The lowest BCUT2D eigenvalue weighted by molar-refractivity contribution is -0.119. The van der Waals surface area contributed by atoms with E-state index in [4.69, 9.17) is 16.3 Å². The molecule has 0 heterocycles. The number of rotatable bonds is 6. The Hall–Kier alpha value is -2.38. The second-order valence-corrected chi connectivity index (χ2v) is 7.97. The van der Waals surface area contributed by atoms with Gasteiger partial charge in [0.2, 0.25) is 0 Å². The summed E-state index contributed by atoms with van der Waals surface area (Å²) in [5.41, 5.74) is 1.49. The third-order valence-electron chi connectivity index (χ3n) is 3.59. The van der Waals surface area contributed by atoms with Crippen LogP contribution in [0.25, 0.3) is 0 Å². The quantitative estimate of drug-likeness (QED) is 0.759. The van der Waals surface area contributed by atoms with E-state index in [0.717, 1.165) is 24.3 Å². The van der Waals surface area contributed by atoms with Crippen molar-refractivity contribution in [1.82, 2.24) is 0 Å². The van der Waals surface area contributed by atoms with Crippen LogP contribution in [0.4, 0.5) is 5.69 Å². The first-order chi connectivity index (χ1) is 12.2. The molecule has 1 amide bonds. The Balaban J connectivity index is 2.06. The van der Waals surface area contributed by atoms with Crippen molar-refractivity contribution in [2.24, 2.45) is 0 Å². The number of benzene rings is 2. The molecule has 2 aromatic carbocycles. The number of hydrogen-bond acceptors (Lipinski definition) is 5. The third-order valence-corrected chi connectivity index (χ3v) is 5.03. The summed E-state index contributed by atoms with van der Waals surface area (Å²) in [6, 6.07) is 11.0. The van der Waals surface area contributed by atoms with Crippen LogP contribution < -0.4 is 5.32 Å². The van der Waals surface area contributed by atoms with Crippen molar-refractivity contribution in [2.45, 2.75) is 18.2 Å². The Labute approximate surface area is 157 Å². The highest BCUT2D eigenvalue weighted by Crippen LogP contribution is 2.21. The van der Waals surface area contributed by atoms with Crippen molar-refractivity contribution >= 4 is 39.0 Å². The van der Waals surface area contributed by atoms with Crippen LogP contribution in [0.3, 0.4) is 0 Å². The molecule has 0 saturated carbocycles. The maximum Gasteiger partial charge on any atom is 0.340 e. The van der Waals surface area contributed by atoms with Gasteiger partial charge in [0.05, 0.1) is 15.5 Å². The van der Waals surface area contributed by atoms with Gasteiger partial charge in [-0.1, -0.05) is 36.7 Å². The molecule has 8 heteroatoms. The second kappa shape index (κ2) is 8.33. The van der Waals surface area contributed by atoms with Gasteiger partial charge >= 0.3 is 5.97 Å². The second-order valence-electron chi connectivity index (χ2n) is 5.55. The topological polar surface area (TPSA) is 89.5 Å². The van der Waals surface area contributed by atoms with Crippen LogP contribution in [-0.4, -0.2) is 33.2 Å². The zero-order valence-corrected chi connectivity index (χ0v) is 15.9. The van der Waals surface area contributed by atoms with Crippen LogP contribution in [0, 0.1) is 0 Å². The lowest BCUT2D eigenvalue weighted by Crippen LogP contribution is -2.21. The molecule has 0 atom stereocenters. The molecule has 0 aliphatic carbocycles. The lowest BCUT2D eigenvalue weighted by Gasteiger charge is -2.11. The first kappa shape index (κ1) is 19.9. The van der Waals surface area contributed by atoms with Crippen LogP contribution in [0.5, 0.6) is 0 Å². The van der Waals surface area contributed by atoms with E-state index in [2.05, 4.69) is 5.32 Å². The standard InChI is InChI=1S/C18H18ClNO5S/c1-3-12-6-4-5-7-16(12)20-17(21)11-25-18(22)14-10-13(26(2,23)24)8-9-15(14)19/h4-10H,3,11H2,1-2H3,(H,20,21). The Morgan fingerprint density at radius 1 is 1.15 bits per heavy atom. The van der Waals surface area contributed by atoms with Gasteiger partial charge in [0.15, 0.2) is 16.4 Å². The number of carbonyl (C=O) groups is 2. The van der Waals surface area contributed by atoms with Gasteiger partial charge in [-0.15, -0.1) is 0 Å². The van der Waals surface area contributed by atoms with E-state index in [-0.39, 0.29) is 15.5 Å². The van der Waals surface area contributed by atoms with E-state index >= 15 is 0 Å². The Morgan fingerprint density at radius 3 is 2.50 bits per heavy atom. The summed E-state index contributed by atoms with van der Waals surface area (Å²) >= 11 is 5.93. The summed E-state index contributed by atoms with van der Waals surface area (Å²) in [6.07, 6.45) is 1.76. The smallest absolute Gasteiger partial charge is 0.340 e. The molecule has 6 nitrogen and oxygen atoms in total. The molecule has 0 aliphatic rings. The minimum Gasteiger partial charge on any atom is -0.452 e. The zero-order valence-electron chi connectivity index (χ0n) is 14.3. The Morgan fingerprint density at radius 2 is 1.85 bits per heavy atom. The Bertz CT molecular complexity index is 940. The summed E-state index contributed by atoms with van der Waals surface area (Å²) in [6.45, 7) is 1.44. The molecule has 0 aromatic heterocycles. The van der Waals surface area contributed by atoms with Gasteiger partial charge in [0.25, 0.3) is 5.91 Å². The lowest BCUT2D eigenvalue weighted by atomic mass is 10.1. The van der Waals surface area contributed by atoms with E-state index in [0.29, 0.717) is 5.69 Å². The molecule has 0 saturated heterocycles. The number of esters is 1. The number of nitrogens with one attached hydrogen (secondary N) is 1. The van der Waals surface area contributed by atoms with Gasteiger partial charge in [-0.25, -0.2) is 13.2 Å². The van der Waals surface area contributed by atoms with Crippen LogP contribution in [0.1, 0.15) is 22.8 Å². The van der Waals surface area contributed by atoms with Crippen LogP contribution in [0.2, 0.25) is 5.02 Å². The molecule has 26 heavy (non-hydrogen) atoms. The predicted octanol–water partition coefficient (Wildman–Crippen LogP) is 3.10. The average Bonchev–Trinajstić information content (AvgIpc) is 2.59. The first-order valence-electron chi connectivity index (χ1n) is 7.77. The molecule has 0 spiro atoms. The summed E-state index contributed by atoms with van der Waals surface area (Å²) in [5.74, 6) is -1.38. The zero-order chi connectivity index (χ0) is 19.3. The van der Waals surface area contributed by atoms with E-state index in [1.54, 1.807) is 12.1 Å². The number of aryl methyl sites for hydroxylation is 1. The van der Waals surface area contributed by atoms with Gasteiger partial charge in [-0.05, 0) is 36.2 Å². The fourth-order valence-electron chi connectivity index (χ4n) is 2.24. The summed E-state index contributed by atoms with van der Waals surface area (Å²) in [7, 11) is -3.50. The van der Waals surface area contributed by atoms with E-state index in [9.17, 15) is 18.0 Å². The predicted molar refractivity (Wildman–Crippen MR) is 99.3 cm³/mol. The fourth-order valence-corrected chi connectivity index (χ4v) is 3.08. The van der Waals surface area contributed by atoms with Gasteiger partial charge in [-0.3, -0.25) is 4.79 Å². The molecule has 2 aromatic rings. The third kappa shape index (κ3) is 5.06. The SMILES string of the molecule is CCc1ccccc1NC(=O)COC(=O)c1cc(S(C)(=O)=O)ccc1Cl. The molecule has 2 rings (SSSR count). The largest absolute Gasteiger partial charge is 0.452 e. The number of anilines is 1. The molecule has 0 fully saturated rings. The molecular formula is C18H18ClNO5S. The van der Waals surface area contributed by atoms with Crippen molar-refractivity contribution in [3.8, 4) is 0 Å². The number of para-hydroxylation sites is 1. The molecule has 0 aliphatic heterocycles. The highest BCUT2D eigenvalue weighted by molar-refractivity contribution is 7.90. The van der Waals surface area contributed by atoms with E-state index in [1.807, 2.05) is 19.1 Å². The highest BCUT2D eigenvalue weighted by Gasteiger charge is 2.18. The number of ether oxygens (including phenoxy) is 1. The molecule has 138 valence electrons. The number of halogens is 1. The van der Waals surface area contributed by atoms with E-state index < -0.39 is 28.3 Å². The van der Waals surface area contributed by atoms with Gasteiger partial charge in [-0.2, -0.15) is 0 Å². The molecule has 0 radical (unpaired) electrons. The van der Waals surface area contributed by atoms with Crippen molar-refractivity contribution < 1.29 is 22.7 Å². The van der Waals surface area contributed by atoms with Gasteiger partial charge < -0.3 is 10.1 Å². The minimum absolute atomic E-state index is 0.0409. The monoisotopic (exact) mass is 395 g/mol. The summed E-state index contributed by atoms with van der Waals surface area (Å²) < 4.78 is 28.1. The normalized spacial score (nSPS) is 11.0. The molecule has 1 N–H and O–H groups in total. The van der Waals surface area contributed by atoms with Crippen molar-refractivity contribution in [2.75, 3.05) is 18.2 Å². The van der Waals surface area contributed by atoms with Crippen LogP contribution in [-0.2, 0) is 25.8 Å². The van der Waals surface area contributed by atoms with Crippen LogP contribution >= 0.6 is 11.6 Å². The van der Waals surface area contributed by atoms with Crippen molar-refractivity contribution in [3.63, 3.8) is 0 Å². The summed E-state index contributed by atoms with van der Waals surface area (Å²) in [5, 5.41) is 2.71. The maximum atomic E-state index is 12.1. The van der Waals surface area contributed by atoms with E-state index in [1.165, 1.54) is 12.1 Å². The number of carbonyl (C=O) groups excluding carboxylic acids is 2. The molecule has 0 unspecified atom stereocenters. The minimum atomic E-state index is -3.50. The number of amides is 1. The fraction of sp³-hybridized carbons (Fsp3) is 0.222. The molecular weight excluding hydrogens is 378 g/mol. The number of hydrogen-bond donors (Lipinski definition) is 1. The van der Waals surface area contributed by atoms with Gasteiger partial charge in [0, 0.05) is 11.9 Å². The first-order valence-corrected chi connectivity index (χ1v) is 10.0. The maximum absolute atomic E-state index is 12.1. The van der Waals surface area contributed by atoms with Gasteiger partial charge in [0.1, 0.15) is 0 Å². The average molecular weight is 396 g/mol. The summed E-state index contributed by atoms with van der Waals surface area (Å²) in [4.78, 5) is 24.1. The molecule has 0 bridgehead atoms. The number of sulfone groups is 1. The highest BCUT2D eigenvalue weighted by atomic mass is 35.5. The van der Waals surface area contributed by atoms with Crippen LogP contribution in [0.15, 0.2) is 47.4 Å². The Kier molecular flexibility index (Phi) is 6.39. The van der Waals surface area contributed by atoms with Crippen molar-refractivity contribution in [1.29, 1.82) is 0 Å².